The summed E-state index contributed by atoms with van der Waals surface area (Å²) in [5.41, 5.74) is 6.06. The zero-order valence-electron chi connectivity index (χ0n) is 11.1. The van der Waals surface area contributed by atoms with Crippen molar-refractivity contribution in [2.75, 3.05) is 13.1 Å². The van der Waals surface area contributed by atoms with Crippen LogP contribution in [0.1, 0.15) is 52.9 Å². The van der Waals surface area contributed by atoms with Crippen LogP contribution < -0.4 is 5.73 Å². The van der Waals surface area contributed by atoms with Gasteiger partial charge in [0.2, 0.25) is 0 Å². The number of amidine groups is 1. The summed E-state index contributed by atoms with van der Waals surface area (Å²) in [7, 11) is 0. The van der Waals surface area contributed by atoms with Gasteiger partial charge in [0, 0.05) is 19.0 Å². The molecule has 0 aromatic heterocycles. The van der Waals surface area contributed by atoms with Crippen molar-refractivity contribution in [3.8, 4) is 0 Å². The molecule has 0 radical (unpaired) electrons. The van der Waals surface area contributed by atoms with E-state index in [2.05, 4.69) is 25.7 Å². The fourth-order valence-corrected chi connectivity index (χ4v) is 2.89. The van der Waals surface area contributed by atoms with Crippen molar-refractivity contribution < 1.29 is 0 Å². The molecule has 0 amide bonds. The maximum Gasteiger partial charge on any atom is 0.0921 e. The number of rotatable bonds is 6. The van der Waals surface area contributed by atoms with Gasteiger partial charge in [-0.15, -0.1) is 0 Å². The Kier molecular flexibility index (Phi) is 4.78. The number of nitrogens with two attached hydrogens (primary N) is 1. The highest BCUT2D eigenvalue weighted by Crippen LogP contribution is 2.38. The summed E-state index contributed by atoms with van der Waals surface area (Å²) >= 11 is 0. The summed E-state index contributed by atoms with van der Waals surface area (Å²) in [6.07, 6.45) is 5.70. The van der Waals surface area contributed by atoms with Crippen molar-refractivity contribution in [2.45, 2.75) is 58.9 Å². The van der Waals surface area contributed by atoms with Crippen molar-refractivity contribution >= 4 is 5.84 Å². The van der Waals surface area contributed by atoms with E-state index in [0.717, 1.165) is 12.8 Å². The van der Waals surface area contributed by atoms with Crippen LogP contribution >= 0.6 is 0 Å². The third-order valence-electron chi connectivity index (χ3n) is 4.41. The zero-order chi connectivity index (χ0) is 12.2. The molecule has 1 saturated heterocycles. The highest BCUT2D eigenvalue weighted by atomic mass is 15.2. The lowest BCUT2D eigenvalue weighted by atomic mass is 9.82. The van der Waals surface area contributed by atoms with Crippen LogP contribution in [0.25, 0.3) is 0 Å². The van der Waals surface area contributed by atoms with Crippen LogP contribution in [-0.4, -0.2) is 29.9 Å². The Morgan fingerprint density at radius 3 is 2.38 bits per heavy atom. The predicted molar refractivity (Wildman–Crippen MR) is 69.8 cm³/mol. The maximum atomic E-state index is 7.43. The van der Waals surface area contributed by atoms with Crippen LogP contribution in [0.3, 0.4) is 0 Å². The molecular formula is C13H27N3. The first kappa shape index (κ1) is 13.5. The molecule has 3 N–H and O–H groups in total. The Balaban J connectivity index is 2.59. The fraction of sp³-hybridized carbons (Fsp3) is 0.923. The van der Waals surface area contributed by atoms with E-state index in [4.69, 9.17) is 11.1 Å². The smallest absolute Gasteiger partial charge is 0.0921 e. The number of hydrogen-bond acceptors (Lipinski definition) is 2. The molecule has 1 heterocycles. The maximum absolute atomic E-state index is 7.43. The van der Waals surface area contributed by atoms with E-state index in [9.17, 15) is 0 Å². The average molecular weight is 225 g/mol. The fourth-order valence-electron chi connectivity index (χ4n) is 2.89. The lowest BCUT2D eigenvalue weighted by molar-refractivity contribution is 0.192. The molecule has 1 aliphatic heterocycles. The molecule has 0 bridgehead atoms. The first-order valence-corrected chi connectivity index (χ1v) is 6.63. The minimum atomic E-state index is 0.331. The molecule has 0 aliphatic carbocycles. The highest BCUT2D eigenvalue weighted by Gasteiger charge is 2.37. The second kappa shape index (κ2) is 5.67. The van der Waals surface area contributed by atoms with Crippen molar-refractivity contribution in [1.29, 1.82) is 5.41 Å². The van der Waals surface area contributed by atoms with Crippen LogP contribution in [-0.2, 0) is 0 Å². The minimum absolute atomic E-state index is 0.331. The second-order valence-corrected chi connectivity index (χ2v) is 5.22. The van der Waals surface area contributed by atoms with Crippen molar-refractivity contribution in [3.63, 3.8) is 0 Å². The van der Waals surface area contributed by atoms with E-state index in [-0.39, 0.29) is 0 Å². The number of hydrogen-bond donors (Lipinski definition) is 2. The van der Waals surface area contributed by atoms with E-state index in [1.54, 1.807) is 0 Å². The molecule has 94 valence electrons. The third-order valence-corrected chi connectivity index (χ3v) is 4.41. The topological polar surface area (TPSA) is 53.1 Å². The molecule has 1 rings (SSSR count). The van der Waals surface area contributed by atoms with Crippen molar-refractivity contribution in [2.24, 2.45) is 11.1 Å². The molecule has 1 fully saturated rings. The first-order chi connectivity index (χ1) is 7.56. The Hall–Kier alpha value is -0.570. The predicted octanol–water partition coefficient (Wildman–Crippen LogP) is 2.60. The van der Waals surface area contributed by atoms with Gasteiger partial charge in [0.1, 0.15) is 0 Å². The van der Waals surface area contributed by atoms with E-state index < -0.39 is 0 Å². The van der Waals surface area contributed by atoms with Gasteiger partial charge in [-0.05, 0) is 37.6 Å². The summed E-state index contributed by atoms with van der Waals surface area (Å²) in [5.74, 6) is 0.331. The summed E-state index contributed by atoms with van der Waals surface area (Å²) in [6, 6.07) is 0.484. The van der Waals surface area contributed by atoms with Crippen LogP contribution in [0.2, 0.25) is 0 Å². The van der Waals surface area contributed by atoms with E-state index in [1.165, 1.54) is 32.4 Å². The molecule has 1 aliphatic rings. The van der Waals surface area contributed by atoms with Gasteiger partial charge in [-0.25, -0.2) is 0 Å². The molecule has 3 heteroatoms. The molecular weight excluding hydrogens is 198 g/mol. The summed E-state index contributed by atoms with van der Waals surface area (Å²) in [4.78, 5) is 2.55. The highest BCUT2D eigenvalue weighted by molar-refractivity contribution is 5.77. The quantitative estimate of drug-likeness (QED) is 0.539. The standard InChI is InChI=1S/C13H27N3/c1-4-11(9-12(14)15)16-8-7-13(5-2,6-3)10-16/h11H,4-10H2,1-3H3,(H3,14,15). The van der Waals surface area contributed by atoms with Crippen LogP contribution in [0.5, 0.6) is 0 Å². The van der Waals surface area contributed by atoms with Gasteiger partial charge in [-0.1, -0.05) is 20.8 Å². The number of nitrogens with zero attached hydrogens (tertiary/aromatic N) is 1. The Morgan fingerprint density at radius 1 is 1.38 bits per heavy atom. The van der Waals surface area contributed by atoms with Crippen LogP contribution in [0.4, 0.5) is 0 Å². The van der Waals surface area contributed by atoms with E-state index >= 15 is 0 Å². The normalized spacial score (nSPS) is 22.2. The monoisotopic (exact) mass is 225 g/mol. The molecule has 0 saturated carbocycles. The van der Waals surface area contributed by atoms with Crippen LogP contribution in [0, 0.1) is 10.8 Å². The number of nitrogens with one attached hydrogen (secondary N) is 1. The first-order valence-electron chi connectivity index (χ1n) is 6.63. The van der Waals surface area contributed by atoms with Gasteiger partial charge < -0.3 is 5.73 Å². The summed E-state index contributed by atoms with van der Waals surface area (Å²) in [6.45, 7) is 9.20. The Bertz CT molecular complexity index is 233. The second-order valence-electron chi connectivity index (χ2n) is 5.22. The van der Waals surface area contributed by atoms with Crippen LogP contribution in [0.15, 0.2) is 0 Å². The lowest BCUT2D eigenvalue weighted by Gasteiger charge is -2.30. The molecule has 16 heavy (non-hydrogen) atoms. The van der Waals surface area contributed by atoms with Crippen molar-refractivity contribution in [3.05, 3.63) is 0 Å². The van der Waals surface area contributed by atoms with Crippen molar-refractivity contribution in [1.82, 2.24) is 4.90 Å². The Morgan fingerprint density at radius 2 is 2.00 bits per heavy atom. The van der Waals surface area contributed by atoms with Gasteiger partial charge in [0.15, 0.2) is 0 Å². The molecule has 0 spiro atoms. The van der Waals surface area contributed by atoms with E-state index in [0.29, 0.717) is 17.3 Å². The van der Waals surface area contributed by atoms with E-state index in [1.807, 2.05) is 0 Å². The van der Waals surface area contributed by atoms with Gasteiger partial charge in [-0.2, -0.15) is 0 Å². The minimum Gasteiger partial charge on any atom is -0.388 e. The SMILES string of the molecule is CCC(CC(=N)N)N1CCC(CC)(CC)C1. The summed E-state index contributed by atoms with van der Waals surface area (Å²) < 4.78 is 0. The van der Waals surface area contributed by atoms with Gasteiger partial charge in [0.25, 0.3) is 0 Å². The van der Waals surface area contributed by atoms with Gasteiger partial charge in [0.05, 0.1) is 5.84 Å². The molecule has 0 aromatic carbocycles. The third kappa shape index (κ3) is 2.97. The number of likely N-dealkylation sites (tertiary alicyclic amines) is 1. The Labute approximate surface area is 99.9 Å². The lowest BCUT2D eigenvalue weighted by Crippen LogP contribution is -2.37. The molecule has 3 nitrogen and oxygen atoms in total. The molecule has 1 atom stereocenters. The zero-order valence-corrected chi connectivity index (χ0v) is 11.1. The van der Waals surface area contributed by atoms with Gasteiger partial charge in [-0.3, -0.25) is 10.3 Å². The largest absolute Gasteiger partial charge is 0.388 e. The molecule has 1 unspecified atom stereocenters. The summed E-state index contributed by atoms with van der Waals surface area (Å²) in [5, 5.41) is 7.43. The average Bonchev–Trinajstić information content (AvgIpc) is 2.70. The molecule has 0 aromatic rings. The van der Waals surface area contributed by atoms with Gasteiger partial charge >= 0.3 is 0 Å².